The van der Waals surface area contributed by atoms with Crippen LogP contribution in [0.15, 0.2) is 53.7 Å². The lowest BCUT2D eigenvalue weighted by molar-refractivity contribution is -0.146. The molecule has 0 radical (unpaired) electrons. The first-order chi connectivity index (χ1) is 12.8. The highest BCUT2D eigenvalue weighted by molar-refractivity contribution is 7.89. The number of carbonyl (C=O) groups excluding carboxylic acids is 1. The monoisotopic (exact) mass is 392 g/mol. The van der Waals surface area contributed by atoms with Crippen LogP contribution in [0.1, 0.15) is 19.4 Å². The lowest BCUT2D eigenvalue weighted by Crippen LogP contribution is -2.48. The number of sulfonamides is 1. The molecule has 0 spiro atoms. The van der Waals surface area contributed by atoms with E-state index in [9.17, 15) is 13.2 Å². The van der Waals surface area contributed by atoms with Crippen LogP contribution >= 0.6 is 0 Å². The molecule has 7 nitrogen and oxygen atoms in total. The summed E-state index contributed by atoms with van der Waals surface area (Å²) in [7, 11) is -1.22. The van der Waals surface area contributed by atoms with Crippen LogP contribution < -0.4 is 4.74 Å². The highest BCUT2D eigenvalue weighted by atomic mass is 32.2. The van der Waals surface area contributed by atoms with Crippen molar-refractivity contribution in [2.45, 2.75) is 31.3 Å². The van der Waals surface area contributed by atoms with E-state index in [1.807, 2.05) is 0 Å². The van der Waals surface area contributed by atoms with Crippen molar-refractivity contribution in [3.8, 4) is 5.75 Å². The fourth-order valence-electron chi connectivity index (χ4n) is 2.73. The summed E-state index contributed by atoms with van der Waals surface area (Å²) in [6, 6.07) is 8.56. The van der Waals surface area contributed by atoms with Gasteiger partial charge >= 0.3 is 5.97 Å². The number of ether oxygens (including phenoxy) is 2. The summed E-state index contributed by atoms with van der Waals surface area (Å²) < 4.78 is 37.9. The molecule has 8 heteroatoms. The lowest BCUT2D eigenvalue weighted by atomic mass is 10.0. The third-order valence-electron chi connectivity index (χ3n) is 4.11. The third kappa shape index (κ3) is 4.84. The van der Waals surface area contributed by atoms with Crippen molar-refractivity contribution in [3.63, 3.8) is 0 Å². The van der Waals surface area contributed by atoms with Crippen molar-refractivity contribution in [2.75, 3.05) is 14.2 Å². The standard InChI is InChI=1S/C19H24N2O5S/c1-14(2)18(19(22)26-4)21(13-15-6-5-11-20-12-15)27(23,24)17-9-7-16(25-3)8-10-17/h5-12,14,18H,13H2,1-4H3/t18-/m1/s1. The Morgan fingerprint density at radius 2 is 1.81 bits per heavy atom. The van der Waals surface area contributed by atoms with Crippen molar-refractivity contribution in [1.82, 2.24) is 9.29 Å². The quantitative estimate of drug-likeness (QED) is 0.642. The molecule has 27 heavy (non-hydrogen) atoms. The number of carbonyl (C=O) groups is 1. The van der Waals surface area contributed by atoms with Crippen LogP contribution in [0.25, 0.3) is 0 Å². The third-order valence-corrected chi connectivity index (χ3v) is 5.95. The highest BCUT2D eigenvalue weighted by Gasteiger charge is 2.38. The zero-order valence-corrected chi connectivity index (χ0v) is 16.6. The van der Waals surface area contributed by atoms with Gasteiger partial charge in [0.25, 0.3) is 0 Å². The van der Waals surface area contributed by atoms with E-state index in [4.69, 9.17) is 9.47 Å². The van der Waals surface area contributed by atoms with Gasteiger partial charge in [0, 0.05) is 18.9 Å². The fraction of sp³-hybridized carbons (Fsp3) is 0.368. The predicted molar refractivity (Wildman–Crippen MR) is 101 cm³/mol. The summed E-state index contributed by atoms with van der Waals surface area (Å²) in [6.07, 6.45) is 3.18. The Balaban J connectivity index is 2.53. The molecule has 1 heterocycles. The fourth-order valence-corrected chi connectivity index (χ4v) is 4.43. The maximum atomic E-state index is 13.4. The molecule has 1 aromatic carbocycles. The molecule has 146 valence electrons. The zero-order valence-electron chi connectivity index (χ0n) is 15.8. The van der Waals surface area contributed by atoms with Gasteiger partial charge in [-0.1, -0.05) is 19.9 Å². The Kier molecular flexibility index (Phi) is 6.92. The van der Waals surface area contributed by atoms with Crippen molar-refractivity contribution in [3.05, 3.63) is 54.4 Å². The number of methoxy groups -OCH3 is 2. The maximum Gasteiger partial charge on any atom is 0.324 e. The van der Waals surface area contributed by atoms with Gasteiger partial charge in [-0.05, 0) is 41.8 Å². The van der Waals surface area contributed by atoms with E-state index in [-0.39, 0.29) is 17.4 Å². The Morgan fingerprint density at radius 3 is 2.30 bits per heavy atom. The summed E-state index contributed by atoms with van der Waals surface area (Å²) in [4.78, 5) is 16.5. The van der Waals surface area contributed by atoms with E-state index in [1.165, 1.54) is 30.7 Å². The summed E-state index contributed by atoms with van der Waals surface area (Å²) in [6.45, 7) is 3.56. The number of esters is 1. The highest BCUT2D eigenvalue weighted by Crippen LogP contribution is 2.26. The number of hydrogen-bond donors (Lipinski definition) is 0. The van der Waals surface area contributed by atoms with Gasteiger partial charge in [0.1, 0.15) is 11.8 Å². The average Bonchev–Trinajstić information content (AvgIpc) is 2.67. The number of aromatic nitrogens is 1. The molecule has 0 N–H and O–H groups in total. The van der Waals surface area contributed by atoms with Crippen LogP contribution in [0.2, 0.25) is 0 Å². The van der Waals surface area contributed by atoms with Crippen molar-refractivity contribution in [2.24, 2.45) is 5.92 Å². The average molecular weight is 392 g/mol. The molecule has 2 aromatic rings. The smallest absolute Gasteiger partial charge is 0.324 e. The van der Waals surface area contributed by atoms with Crippen LogP contribution in [-0.2, 0) is 26.1 Å². The second-order valence-electron chi connectivity index (χ2n) is 6.30. The summed E-state index contributed by atoms with van der Waals surface area (Å²) in [5, 5.41) is 0. The normalized spacial score (nSPS) is 12.8. The molecule has 0 amide bonds. The molecule has 1 atom stereocenters. The van der Waals surface area contributed by atoms with Crippen molar-refractivity contribution in [1.29, 1.82) is 0 Å². The van der Waals surface area contributed by atoms with Gasteiger partial charge in [0.15, 0.2) is 0 Å². The van der Waals surface area contributed by atoms with Crippen LogP contribution in [0.4, 0.5) is 0 Å². The molecule has 0 aliphatic rings. The zero-order chi connectivity index (χ0) is 20.0. The second-order valence-corrected chi connectivity index (χ2v) is 8.19. The molecule has 0 aliphatic carbocycles. The Hall–Kier alpha value is -2.45. The minimum absolute atomic E-state index is 0.000148. The molecule has 0 unspecified atom stereocenters. The predicted octanol–water partition coefficient (Wildman–Crippen LogP) is 2.48. The SMILES string of the molecule is COC(=O)[C@@H](C(C)C)N(Cc1cccnc1)S(=O)(=O)c1ccc(OC)cc1. The summed E-state index contributed by atoms with van der Waals surface area (Å²) in [5.41, 5.74) is 0.670. The number of benzene rings is 1. The molecule has 0 saturated heterocycles. The second kappa shape index (κ2) is 8.96. The molecule has 0 bridgehead atoms. The van der Waals surface area contributed by atoms with Gasteiger partial charge < -0.3 is 9.47 Å². The van der Waals surface area contributed by atoms with E-state index in [0.29, 0.717) is 11.3 Å². The molecule has 1 aromatic heterocycles. The van der Waals surface area contributed by atoms with Gasteiger partial charge in [0.2, 0.25) is 10.0 Å². The van der Waals surface area contributed by atoms with Gasteiger partial charge in [-0.15, -0.1) is 0 Å². The Bertz CT molecular complexity index is 851. The molecular formula is C19H24N2O5S. The van der Waals surface area contributed by atoms with Crippen LogP contribution in [0.5, 0.6) is 5.75 Å². The van der Waals surface area contributed by atoms with E-state index in [1.54, 1.807) is 50.5 Å². The van der Waals surface area contributed by atoms with Crippen molar-refractivity contribution >= 4 is 16.0 Å². The van der Waals surface area contributed by atoms with Gasteiger partial charge in [-0.3, -0.25) is 9.78 Å². The number of rotatable bonds is 8. The number of pyridine rings is 1. The van der Waals surface area contributed by atoms with Gasteiger partial charge in [0.05, 0.1) is 19.1 Å². The molecule has 0 fully saturated rings. The Labute approximate surface area is 160 Å². The first-order valence-corrected chi connectivity index (χ1v) is 9.88. The summed E-state index contributed by atoms with van der Waals surface area (Å²) >= 11 is 0. The van der Waals surface area contributed by atoms with E-state index in [2.05, 4.69) is 4.98 Å². The lowest BCUT2D eigenvalue weighted by Gasteiger charge is -2.31. The molecular weight excluding hydrogens is 368 g/mol. The molecule has 0 saturated carbocycles. The summed E-state index contributed by atoms with van der Waals surface area (Å²) in [5.74, 6) is -0.353. The Morgan fingerprint density at radius 1 is 1.15 bits per heavy atom. The largest absolute Gasteiger partial charge is 0.497 e. The molecule has 2 rings (SSSR count). The van der Waals surface area contributed by atoms with Gasteiger partial charge in [-0.25, -0.2) is 8.42 Å². The topological polar surface area (TPSA) is 85.8 Å². The number of nitrogens with zero attached hydrogens (tertiary/aromatic N) is 2. The van der Waals surface area contributed by atoms with Crippen LogP contribution in [0.3, 0.4) is 0 Å². The number of hydrogen-bond acceptors (Lipinski definition) is 6. The van der Waals surface area contributed by atoms with E-state index >= 15 is 0 Å². The molecule has 0 aliphatic heterocycles. The van der Waals surface area contributed by atoms with Crippen molar-refractivity contribution < 1.29 is 22.7 Å². The minimum atomic E-state index is -3.97. The maximum absolute atomic E-state index is 13.4. The first-order valence-electron chi connectivity index (χ1n) is 8.44. The van der Waals surface area contributed by atoms with Gasteiger partial charge in [-0.2, -0.15) is 4.31 Å². The minimum Gasteiger partial charge on any atom is -0.497 e. The van der Waals surface area contributed by atoms with E-state index in [0.717, 1.165) is 0 Å². The van der Waals surface area contributed by atoms with Crippen LogP contribution in [-0.4, -0.2) is 43.9 Å². The van der Waals surface area contributed by atoms with Crippen LogP contribution in [0, 0.1) is 5.92 Å². The van der Waals surface area contributed by atoms with E-state index < -0.39 is 22.0 Å². The first kappa shape index (κ1) is 20.9.